The molecule has 2 aromatic rings. The van der Waals surface area contributed by atoms with Gasteiger partial charge in [0.15, 0.2) is 6.10 Å². The number of rotatable bonds is 5. The van der Waals surface area contributed by atoms with Crippen molar-refractivity contribution in [3.8, 4) is 0 Å². The fraction of sp³-hybridized carbons (Fsp3) is 0.263. The maximum Gasteiger partial charge on any atom is 0.418 e. The smallest absolute Gasteiger partial charge is 0.418 e. The van der Waals surface area contributed by atoms with Crippen LogP contribution in [0.2, 0.25) is 0 Å². The Morgan fingerprint density at radius 3 is 2.34 bits per heavy atom. The third-order valence-corrected chi connectivity index (χ3v) is 4.03. The average molecular weight is 410 g/mol. The third-order valence-electron chi connectivity index (χ3n) is 4.03. The molecule has 1 amide bonds. The molecule has 0 unspecified atom stereocenters. The summed E-state index contributed by atoms with van der Waals surface area (Å²) in [4.78, 5) is 34.2. The molecule has 0 heterocycles. The number of hydrogen-bond acceptors (Lipinski definition) is 5. The zero-order chi connectivity index (χ0) is 21.9. The highest BCUT2D eigenvalue weighted by Crippen LogP contribution is 2.37. The van der Waals surface area contributed by atoms with E-state index in [0.717, 1.165) is 17.7 Å². The second kappa shape index (κ2) is 8.29. The number of carbonyl (C=O) groups excluding carboxylic acids is 2. The van der Waals surface area contributed by atoms with Crippen LogP contribution in [0.3, 0.4) is 0 Å². The highest BCUT2D eigenvalue weighted by Gasteiger charge is 2.36. The summed E-state index contributed by atoms with van der Waals surface area (Å²) >= 11 is 0. The van der Waals surface area contributed by atoms with E-state index in [1.165, 1.54) is 13.0 Å². The number of amides is 1. The summed E-state index contributed by atoms with van der Waals surface area (Å²) in [5.41, 5.74) is -1.07. The SMILES string of the molecule is Cc1ccc(C(=O)O[C@@H](C)C(=O)Nc2ccc([N+](=O)[O-])cc2C(F)(F)F)c(C)c1. The Bertz CT molecular complexity index is 973. The summed E-state index contributed by atoms with van der Waals surface area (Å²) in [5, 5.41) is 12.7. The van der Waals surface area contributed by atoms with E-state index in [-0.39, 0.29) is 5.56 Å². The largest absolute Gasteiger partial charge is 0.449 e. The Hall–Kier alpha value is -3.43. The van der Waals surface area contributed by atoms with E-state index in [9.17, 15) is 32.9 Å². The van der Waals surface area contributed by atoms with Gasteiger partial charge < -0.3 is 10.1 Å². The number of halogens is 3. The first kappa shape index (κ1) is 21.9. The number of nitro groups is 1. The predicted octanol–water partition coefficient (Wildman–Crippen LogP) is 4.41. The summed E-state index contributed by atoms with van der Waals surface area (Å²) in [7, 11) is 0. The number of non-ortho nitro benzene ring substituents is 1. The van der Waals surface area contributed by atoms with Gasteiger partial charge in [-0.25, -0.2) is 4.79 Å². The molecule has 0 spiro atoms. The molecule has 1 N–H and O–H groups in total. The Labute approximate surface area is 163 Å². The number of nitrogens with one attached hydrogen (secondary N) is 1. The van der Waals surface area contributed by atoms with Crippen molar-refractivity contribution in [2.45, 2.75) is 33.1 Å². The molecule has 154 valence electrons. The lowest BCUT2D eigenvalue weighted by Crippen LogP contribution is -2.31. The monoisotopic (exact) mass is 410 g/mol. The number of anilines is 1. The summed E-state index contributed by atoms with van der Waals surface area (Å²) < 4.78 is 44.6. The van der Waals surface area contributed by atoms with Gasteiger partial charge in [0.05, 0.1) is 21.7 Å². The van der Waals surface area contributed by atoms with E-state index in [1.54, 1.807) is 19.1 Å². The van der Waals surface area contributed by atoms with Crippen LogP contribution in [0.4, 0.5) is 24.5 Å². The highest BCUT2D eigenvalue weighted by molar-refractivity contribution is 5.98. The van der Waals surface area contributed by atoms with Crippen LogP contribution < -0.4 is 5.32 Å². The molecule has 0 radical (unpaired) electrons. The number of nitrogens with zero attached hydrogens (tertiary/aromatic N) is 1. The Balaban J connectivity index is 2.19. The van der Waals surface area contributed by atoms with Gasteiger partial charge in [-0.1, -0.05) is 17.7 Å². The molecule has 0 aliphatic carbocycles. The lowest BCUT2D eigenvalue weighted by Gasteiger charge is -2.17. The van der Waals surface area contributed by atoms with Crippen LogP contribution in [0, 0.1) is 24.0 Å². The lowest BCUT2D eigenvalue weighted by atomic mass is 10.1. The number of hydrogen-bond donors (Lipinski definition) is 1. The van der Waals surface area contributed by atoms with Crippen molar-refractivity contribution in [3.05, 3.63) is 68.8 Å². The number of ether oxygens (including phenoxy) is 1. The Morgan fingerprint density at radius 1 is 1.14 bits per heavy atom. The molecule has 0 fully saturated rings. The van der Waals surface area contributed by atoms with Crippen LogP contribution in [0.5, 0.6) is 0 Å². The van der Waals surface area contributed by atoms with Gasteiger partial charge in [-0.05, 0) is 38.5 Å². The van der Waals surface area contributed by atoms with Gasteiger partial charge in [0.1, 0.15) is 0 Å². The number of benzene rings is 2. The molecule has 2 rings (SSSR count). The first-order chi connectivity index (χ1) is 13.4. The predicted molar refractivity (Wildman–Crippen MR) is 97.5 cm³/mol. The first-order valence-corrected chi connectivity index (χ1v) is 8.35. The van der Waals surface area contributed by atoms with E-state index in [0.29, 0.717) is 11.6 Å². The number of alkyl halides is 3. The molecule has 0 aliphatic rings. The average Bonchev–Trinajstić information content (AvgIpc) is 2.60. The van der Waals surface area contributed by atoms with E-state index in [2.05, 4.69) is 0 Å². The molecule has 1 atom stereocenters. The van der Waals surface area contributed by atoms with Gasteiger partial charge in [0.2, 0.25) is 0 Å². The van der Waals surface area contributed by atoms with Crippen molar-refractivity contribution in [2.24, 2.45) is 0 Å². The van der Waals surface area contributed by atoms with Gasteiger partial charge in [0.25, 0.3) is 11.6 Å². The van der Waals surface area contributed by atoms with Crippen molar-refractivity contribution >= 4 is 23.3 Å². The second-order valence-electron chi connectivity index (χ2n) is 6.34. The Kier molecular flexibility index (Phi) is 6.25. The maximum absolute atomic E-state index is 13.2. The van der Waals surface area contributed by atoms with Crippen LogP contribution >= 0.6 is 0 Å². The summed E-state index contributed by atoms with van der Waals surface area (Å²) in [6, 6.07) is 6.88. The van der Waals surface area contributed by atoms with Crippen LogP contribution in [-0.4, -0.2) is 22.9 Å². The molecule has 7 nitrogen and oxygen atoms in total. The van der Waals surface area contributed by atoms with Crippen molar-refractivity contribution in [1.29, 1.82) is 0 Å². The number of esters is 1. The quantitative estimate of drug-likeness (QED) is 0.447. The molecule has 0 aliphatic heterocycles. The molecule has 0 saturated carbocycles. The van der Waals surface area contributed by atoms with Crippen LogP contribution in [0.25, 0.3) is 0 Å². The molecule has 0 saturated heterocycles. The van der Waals surface area contributed by atoms with Crippen molar-refractivity contribution in [3.63, 3.8) is 0 Å². The van der Waals surface area contributed by atoms with Crippen molar-refractivity contribution in [1.82, 2.24) is 0 Å². The number of nitro benzene ring substituents is 1. The number of aryl methyl sites for hydroxylation is 2. The van der Waals surface area contributed by atoms with Gasteiger partial charge in [0, 0.05) is 12.1 Å². The molecule has 29 heavy (non-hydrogen) atoms. The normalized spacial score (nSPS) is 12.2. The van der Waals surface area contributed by atoms with Crippen LogP contribution in [0.15, 0.2) is 36.4 Å². The molecule has 0 bridgehead atoms. The number of carbonyl (C=O) groups is 2. The minimum Gasteiger partial charge on any atom is -0.449 e. The zero-order valence-corrected chi connectivity index (χ0v) is 15.7. The van der Waals surface area contributed by atoms with E-state index in [1.807, 2.05) is 12.2 Å². The first-order valence-electron chi connectivity index (χ1n) is 8.35. The maximum atomic E-state index is 13.2. The summed E-state index contributed by atoms with van der Waals surface area (Å²) in [6.07, 6.45) is -6.34. The standard InChI is InChI=1S/C19H17F3N2O5/c1-10-4-6-14(11(2)8-10)18(26)29-12(3)17(25)23-16-7-5-13(24(27)28)9-15(16)19(20,21)22/h4-9,12H,1-3H3,(H,23,25)/t12-/m0/s1. The Morgan fingerprint density at radius 2 is 1.79 bits per heavy atom. The molecule has 2 aromatic carbocycles. The van der Waals surface area contributed by atoms with Gasteiger partial charge in [-0.2, -0.15) is 13.2 Å². The topological polar surface area (TPSA) is 98.5 Å². The van der Waals surface area contributed by atoms with Crippen LogP contribution in [-0.2, 0) is 15.7 Å². The van der Waals surface area contributed by atoms with Gasteiger partial charge in [-0.15, -0.1) is 0 Å². The second-order valence-corrected chi connectivity index (χ2v) is 6.34. The summed E-state index contributed by atoms with van der Waals surface area (Å²) in [5.74, 6) is -1.81. The van der Waals surface area contributed by atoms with Gasteiger partial charge in [-0.3, -0.25) is 14.9 Å². The minimum atomic E-state index is -4.94. The third kappa shape index (κ3) is 5.31. The van der Waals surface area contributed by atoms with Crippen LogP contribution in [0.1, 0.15) is 34.0 Å². The van der Waals surface area contributed by atoms with Crippen molar-refractivity contribution < 1.29 is 32.4 Å². The van der Waals surface area contributed by atoms with E-state index >= 15 is 0 Å². The molecule has 10 heteroatoms. The summed E-state index contributed by atoms with van der Waals surface area (Å²) in [6.45, 7) is 4.72. The fourth-order valence-electron chi connectivity index (χ4n) is 2.54. The van der Waals surface area contributed by atoms with E-state index in [4.69, 9.17) is 4.74 Å². The fourth-order valence-corrected chi connectivity index (χ4v) is 2.54. The van der Waals surface area contributed by atoms with Gasteiger partial charge >= 0.3 is 12.1 Å². The zero-order valence-electron chi connectivity index (χ0n) is 15.7. The lowest BCUT2D eigenvalue weighted by molar-refractivity contribution is -0.385. The minimum absolute atomic E-state index is 0.224. The molecular weight excluding hydrogens is 393 g/mol. The molecule has 0 aromatic heterocycles. The molecular formula is C19H17F3N2O5. The van der Waals surface area contributed by atoms with E-state index < -0.39 is 46.0 Å². The highest BCUT2D eigenvalue weighted by atomic mass is 19.4. The van der Waals surface area contributed by atoms with Crippen molar-refractivity contribution in [2.75, 3.05) is 5.32 Å².